The largest absolute Gasteiger partial charge is 0.0622 e. The SMILES string of the molecule is c1ccc(P(CC2(CP(c3ccccc3)c3ccccc3)c3ccccc3-c3ccccc32)c2ccccc2)cc1. The molecule has 7 rings (SSSR count). The topological polar surface area (TPSA) is 0 Å². The molecule has 0 saturated heterocycles. The van der Waals surface area contributed by atoms with Gasteiger partial charge in [0, 0.05) is 5.41 Å². The van der Waals surface area contributed by atoms with Crippen LogP contribution in [-0.4, -0.2) is 12.3 Å². The Bertz CT molecular complexity index is 1520. The quantitative estimate of drug-likeness (QED) is 0.164. The van der Waals surface area contributed by atoms with Crippen molar-refractivity contribution < 1.29 is 0 Å². The van der Waals surface area contributed by atoms with E-state index in [1.54, 1.807) is 0 Å². The van der Waals surface area contributed by atoms with E-state index in [9.17, 15) is 0 Å². The van der Waals surface area contributed by atoms with Crippen molar-refractivity contribution in [2.75, 3.05) is 12.3 Å². The molecule has 0 spiro atoms. The van der Waals surface area contributed by atoms with Gasteiger partial charge in [0.1, 0.15) is 0 Å². The minimum absolute atomic E-state index is 0.123. The first-order valence-electron chi connectivity index (χ1n) is 14.3. The van der Waals surface area contributed by atoms with Crippen LogP contribution >= 0.6 is 15.8 Å². The summed E-state index contributed by atoms with van der Waals surface area (Å²) in [6.45, 7) is 0. The first-order valence-corrected chi connectivity index (χ1v) is 17.3. The molecule has 0 heterocycles. The van der Waals surface area contributed by atoms with Gasteiger partial charge in [-0.25, -0.2) is 0 Å². The molecule has 41 heavy (non-hydrogen) atoms. The van der Waals surface area contributed by atoms with E-state index in [1.807, 2.05) is 0 Å². The van der Waals surface area contributed by atoms with Gasteiger partial charge in [0.25, 0.3) is 0 Å². The van der Waals surface area contributed by atoms with Gasteiger partial charge in [-0.15, -0.1) is 0 Å². The van der Waals surface area contributed by atoms with Crippen LogP contribution in [-0.2, 0) is 5.41 Å². The van der Waals surface area contributed by atoms with Crippen molar-refractivity contribution in [3.05, 3.63) is 181 Å². The standard InChI is InChI=1S/C39H32P2/c1-5-17-31(18-6-1)40(32-19-7-2-8-20-32)29-39(37-27-15-13-25-35(37)36-26-14-16-28-38(36)39)30-41(33-21-9-3-10-22-33)34-23-11-4-12-24-34/h1-28H,29-30H2. The van der Waals surface area contributed by atoms with Gasteiger partial charge in [0.15, 0.2) is 0 Å². The lowest BCUT2D eigenvalue weighted by Gasteiger charge is -2.39. The molecule has 0 fully saturated rings. The summed E-state index contributed by atoms with van der Waals surface area (Å²) >= 11 is 0. The fourth-order valence-corrected chi connectivity index (χ4v) is 12.1. The summed E-state index contributed by atoms with van der Waals surface area (Å²) in [4.78, 5) is 0. The molecule has 0 atom stereocenters. The van der Waals surface area contributed by atoms with Gasteiger partial charge in [-0.05, 0) is 71.6 Å². The van der Waals surface area contributed by atoms with Crippen LogP contribution in [0.15, 0.2) is 170 Å². The molecule has 0 unspecified atom stereocenters. The van der Waals surface area contributed by atoms with Gasteiger partial charge < -0.3 is 0 Å². The summed E-state index contributed by atoms with van der Waals surface area (Å²) < 4.78 is 0. The molecule has 0 radical (unpaired) electrons. The maximum atomic E-state index is 2.42. The predicted molar refractivity (Wildman–Crippen MR) is 181 cm³/mol. The number of benzene rings is 6. The maximum Gasteiger partial charge on any atom is 0.0305 e. The van der Waals surface area contributed by atoms with Crippen LogP contribution in [0.3, 0.4) is 0 Å². The number of hydrogen-bond donors (Lipinski definition) is 0. The minimum Gasteiger partial charge on any atom is -0.0622 e. The summed E-state index contributed by atoms with van der Waals surface area (Å²) in [5.41, 5.74) is 5.65. The Hall–Kier alpha value is -3.82. The second-order valence-corrected chi connectivity index (χ2v) is 15.1. The number of fused-ring (bicyclic) bond motifs is 3. The summed E-state index contributed by atoms with van der Waals surface area (Å²) in [6, 6.07) is 63.4. The molecule has 198 valence electrons. The second kappa shape index (κ2) is 11.6. The summed E-state index contributed by atoms with van der Waals surface area (Å²) in [6.07, 6.45) is 2.14. The highest BCUT2D eigenvalue weighted by atomic mass is 31.1. The van der Waals surface area contributed by atoms with E-state index in [0.717, 1.165) is 12.3 Å². The average Bonchev–Trinajstić information content (AvgIpc) is 3.33. The van der Waals surface area contributed by atoms with E-state index >= 15 is 0 Å². The second-order valence-electron chi connectivity index (χ2n) is 10.7. The summed E-state index contributed by atoms with van der Waals surface area (Å²) in [7, 11) is -1.23. The van der Waals surface area contributed by atoms with Crippen molar-refractivity contribution in [1.29, 1.82) is 0 Å². The lowest BCUT2D eigenvalue weighted by atomic mass is 9.82. The molecular formula is C39H32P2. The Kier molecular flexibility index (Phi) is 7.37. The van der Waals surface area contributed by atoms with Crippen LogP contribution in [0, 0.1) is 0 Å². The highest BCUT2D eigenvalue weighted by Gasteiger charge is 2.46. The van der Waals surface area contributed by atoms with Gasteiger partial charge >= 0.3 is 0 Å². The Morgan fingerprint density at radius 1 is 0.317 bits per heavy atom. The van der Waals surface area contributed by atoms with Crippen molar-refractivity contribution >= 4 is 37.1 Å². The van der Waals surface area contributed by atoms with E-state index in [-0.39, 0.29) is 5.41 Å². The molecule has 6 aromatic rings. The van der Waals surface area contributed by atoms with E-state index in [1.165, 1.54) is 43.5 Å². The zero-order chi connectivity index (χ0) is 27.5. The fraction of sp³-hybridized carbons (Fsp3) is 0.0769. The average molecular weight is 563 g/mol. The van der Waals surface area contributed by atoms with Crippen LogP contribution in [0.4, 0.5) is 0 Å². The molecule has 0 aliphatic heterocycles. The Labute approximate surface area is 246 Å². The molecule has 2 heteroatoms. The van der Waals surface area contributed by atoms with Crippen LogP contribution in [0.25, 0.3) is 11.1 Å². The molecule has 0 saturated carbocycles. The van der Waals surface area contributed by atoms with Crippen LogP contribution in [0.5, 0.6) is 0 Å². The number of hydrogen-bond acceptors (Lipinski definition) is 0. The number of rotatable bonds is 8. The van der Waals surface area contributed by atoms with Crippen molar-refractivity contribution in [3.8, 4) is 11.1 Å². The van der Waals surface area contributed by atoms with E-state index < -0.39 is 15.8 Å². The lowest BCUT2D eigenvalue weighted by molar-refractivity contribution is 0.680. The Morgan fingerprint density at radius 3 is 0.902 bits per heavy atom. The Balaban J connectivity index is 1.47. The lowest BCUT2D eigenvalue weighted by Crippen LogP contribution is -2.38. The third kappa shape index (κ3) is 4.97. The van der Waals surface area contributed by atoms with Crippen molar-refractivity contribution in [2.45, 2.75) is 5.41 Å². The minimum atomic E-state index is -0.617. The van der Waals surface area contributed by atoms with Gasteiger partial charge in [-0.3, -0.25) is 0 Å². The molecule has 0 nitrogen and oxygen atoms in total. The Morgan fingerprint density at radius 2 is 0.585 bits per heavy atom. The molecule has 6 aromatic carbocycles. The van der Waals surface area contributed by atoms with Gasteiger partial charge in [-0.2, -0.15) is 0 Å². The van der Waals surface area contributed by atoms with Gasteiger partial charge in [0.05, 0.1) is 0 Å². The molecule has 1 aliphatic rings. The fourth-order valence-electron chi connectivity index (χ4n) is 6.44. The molecule has 1 aliphatic carbocycles. The predicted octanol–water partition coefficient (Wildman–Crippen LogP) is 8.22. The summed E-state index contributed by atoms with van der Waals surface area (Å²) in [5.74, 6) is 0. The van der Waals surface area contributed by atoms with E-state index in [2.05, 4.69) is 170 Å². The van der Waals surface area contributed by atoms with E-state index in [4.69, 9.17) is 0 Å². The normalized spacial score (nSPS) is 13.2. The highest BCUT2D eigenvalue weighted by Crippen LogP contribution is 2.58. The first kappa shape index (κ1) is 26.1. The van der Waals surface area contributed by atoms with Gasteiger partial charge in [-0.1, -0.05) is 170 Å². The monoisotopic (exact) mass is 562 g/mol. The van der Waals surface area contributed by atoms with Gasteiger partial charge in [0.2, 0.25) is 0 Å². The third-order valence-electron chi connectivity index (χ3n) is 8.30. The zero-order valence-corrected chi connectivity index (χ0v) is 24.8. The molecule has 0 bridgehead atoms. The first-order chi connectivity index (χ1) is 20.3. The molecule has 0 aromatic heterocycles. The highest BCUT2D eigenvalue weighted by molar-refractivity contribution is 7.74. The molecule has 0 N–H and O–H groups in total. The zero-order valence-electron chi connectivity index (χ0n) is 23.0. The molecule has 0 amide bonds. The summed E-state index contributed by atoms with van der Waals surface area (Å²) in [5, 5.41) is 5.77. The third-order valence-corrected chi connectivity index (χ3v) is 13.7. The maximum absolute atomic E-state index is 2.42. The van der Waals surface area contributed by atoms with Crippen LogP contribution < -0.4 is 21.2 Å². The van der Waals surface area contributed by atoms with Crippen molar-refractivity contribution in [3.63, 3.8) is 0 Å². The molecular weight excluding hydrogens is 530 g/mol. The van der Waals surface area contributed by atoms with Crippen molar-refractivity contribution in [2.24, 2.45) is 0 Å². The van der Waals surface area contributed by atoms with Crippen LogP contribution in [0.2, 0.25) is 0 Å². The van der Waals surface area contributed by atoms with E-state index in [0.29, 0.717) is 0 Å². The van der Waals surface area contributed by atoms with Crippen molar-refractivity contribution in [1.82, 2.24) is 0 Å². The van der Waals surface area contributed by atoms with Crippen LogP contribution in [0.1, 0.15) is 11.1 Å². The smallest absolute Gasteiger partial charge is 0.0305 e.